The number of nitrogens with zero attached hydrogens (tertiary/aromatic N) is 5. The van der Waals surface area contributed by atoms with E-state index in [0.29, 0.717) is 31.7 Å². The summed E-state index contributed by atoms with van der Waals surface area (Å²) in [5.41, 5.74) is 3.62. The van der Waals surface area contributed by atoms with Crippen molar-refractivity contribution in [1.29, 1.82) is 0 Å². The maximum absolute atomic E-state index is 12.6. The largest absolute Gasteiger partial charge is 0.365 e. The van der Waals surface area contributed by atoms with Gasteiger partial charge in [-0.2, -0.15) is 5.10 Å². The van der Waals surface area contributed by atoms with Crippen molar-refractivity contribution in [3.05, 3.63) is 71.7 Å². The van der Waals surface area contributed by atoms with Crippen LogP contribution in [0.15, 0.2) is 54.7 Å². The van der Waals surface area contributed by atoms with E-state index in [1.165, 1.54) is 0 Å². The molecule has 1 fully saturated rings. The minimum Gasteiger partial charge on any atom is -0.365 e. The number of amides is 2. The van der Waals surface area contributed by atoms with Gasteiger partial charge in [-0.05, 0) is 38.1 Å². The average Bonchev–Trinajstić information content (AvgIpc) is 3.12. The van der Waals surface area contributed by atoms with Gasteiger partial charge >= 0.3 is 0 Å². The number of benzene rings is 1. The molecule has 3 heterocycles. The molecule has 0 aliphatic carbocycles. The molecule has 160 valence electrons. The lowest BCUT2D eigenvalue weighted by Crippen LogP contribution is -2.51. The first kappa shape index (κ1) is 20.6. The highest BCUT2D eigenvalue weighted by molar-refractivity contribution is 5.96. The number of aryl methyl sites for hydroxylation is 1. The summed E-state index contributed by atoms with van der Waals surface area (Å²) >= 11 is 0. The van der Waals surface area contributed by atoms with Gasteiger partial charge in [0.25, 0.3) is 5.91 Å². The van der Waals surface area contributed by atoms with Crippen LogP contribution in [0.1, 0.15) is 21.7 Å². The molecule has 31 heavy (non-hydrogen) atoms. The zero-order valence-corrected chi connectivity index (χ0v) is 17.8. The van der Waals surface area contributed by atoms with Gasteiger partial charge in [-0.15, -0.1) is 0 Å². The predicted octanol–water partition coefficient (Wildman–Crippen LogP) is 1.96. The van der Waals surface area contributed by atoms with Crippen LogP contribution in [0.4, 0.5) is 5.69 Å². The van der Waals surface area contributed by atoms with E-state index in [2.05, 4.69) is 20.3 Å². The lowest BCUT2D eigenvalue weighted by Gasteiger charge is -2.36. The van der Waals surface area contributed by atoms with Crippen molar-refractivity contribution in [3.63, 3.8) is 0 Å². The topological polar surface area (TPSA) is 83.4 Å². The molecule has 0 spiro atoms. The van der Waals surface area contributed by atoms with Crippen molar-refractivity contribution < 1.29 is 9.59 Å². The summed E-state index contributed by atoms with van der Waals surface area (Å²) < 4.78 is 1.86. The zero-order valence-electron chi connectivity index (χ0n) is 17.8. The number of anilines is 1. The molecule has 4 rings (SSSR count). The Labute approximate surface area is 181 Å². The summed E-state index contributed by atoms with van der Waals surface area (Å²) in [6.07, 6.45) is 1.76. The molecule has 8 heteroatoms. The van der Waals surface area contributed by atoms with Gasteiger partial charge in [0.1, 0.15) is 0 Å². The quantitative estimate of drug-likeness (QED) is 0.685. The van der Waals surface area contributed by atoms with Crippen LogP contribution in [0.25, 0.3) is 5.82 Å². The normalized spacial score (nSPS) is 13.9. The van der Waals surface area contributed by atoms with Crippen LogP contribution in [0, 0.1) is 13.8 Å². The predicted molar refractivity (Wildman–Crippen MR) is 118 cm³/mol. The number of rotatable bonds is 5. The third-order valence-electron chi connectivity index (χ3n) is 5.50. The third-order valence-corrected chi connectivity index (χ3v) is 5.50. The molecule has 0 bridgehead atoms. The van der Waals surface area contributed by atoms with Crippen molar-refractivity contribution in [2.75, 3.05) is 37.6 Å². The Hall–Kier alpha value is -3.68. The minimum atomic E-state index is -0.235. The zero-order chi connectivity index (χ0) is 21.8. The number of hydrogen-bond acceptors (Lipinski definition) is 5. The second-order valence-electron chi connectivity index (χ2n) is 7.54. The standard InChI is InChI=1S/C23H26N6O2/c1-17-22(18(2)29(26-17)20-10-6-7-11-24-20)28-14-12-27(13-15-28)21(30)16-25-23(31)19-8-4-3-5-9-19/h3-11H,12-16H2,1-2H3,(H,25,31). The summed E-state index contributed by atoms with van der Waals surface area (Å²) in [4.78, 5) is 33.2. The summed E-state index contributed by atoms with van der Waals surface area (Å²) in [6, 6.07) is 14.7. The maximum Gasteiger partial charge on any atom is 0.251 e. The Kier molecular flexibility index (Phi) is 5.97. The highest BCUT2D eigenvalue weighted by Gasteiger charge is 2.25. The lowest BCUT2D eigenvalue weighted by atomic mass is 10.2. The van der Waals surface area contributed by atoms with Crippen molar-refractivity contribution in [2.24, 2.45) is 0 Å². The molecular weight excluding hydrogens is 392 g/mol. The number of hydrogen-bond donors (Lipinski definition) is 1. The van der Waals surface area contributed by atoms with E-state index in [0.717, 1.165) is 22.9 Å². The van der Waals surface area contributed by atoms with Crippen LogP contribution >= 0.6 is 0 Å². The first-order chi connectivity index (χ1) is 15.0. The van der Waals surface area contributed by atoms with Gasteiger partial charge in [-0.3, -0.25) is 9.59 Å². The Morgan fingerprint density at radius 1 is 0.968 bits per heavy atom. The van der Waals surface area contributed by atoms with E-state index < -0.39 is 0 Å². The fraction of sp³-hybridized carbons (Fsp3) is 0.304. The first-order valence-corrected chi connectivity index (χ1v) is 10.4. The van der Waals surface area contributed by atoms with Gasteiger partial charge in [0.2, 0.25) is 5.91 Å². The Balaban J connectivity index is 1.35. The molecular formula is C23H26N6O2. The molecule has 0 saturated carbocycles. The molecule has 0 radical (unpaired) electrons. The second-order valence-corrected chi connectivity index (χ2v) is 7.54. The second kappa shape index (κ2) is 8.99. The highest BCUT2D eigenvalue weighted by Crippen LogP contribution is 2.27. The van der Waals surface area contributed by atoms with E-state index in [1.54, 1.807) is 35.4 Å². The summed E-state index contributed by atoms with van der Waals surface area (Å²) in [5.74, 6) is 0.486. The minimum absolute atomic E-state index is 0.00337. The molecule has 2 aromatic heterocycles. The van der Waals surface area contributed by atoms with Crippen LogP contribution in [0.5, 0.6) is 0 Å². The molecule has 1 aliphatic rings. The van der Waals surface area contributed by atoms with Crippen molar-refractivity contribution in [1.82, 2.24) is 25.0 Å². The summed E-state index contributed by atoms with van der Waals surface area (Å²) in [5, 5.41) is 7.39. The van der Waals surface area contributed by atoms with Gasteiger partial charge in [-0.25, -0.2) is 9.67 Å². The van der Waals surface area contributed by atoms with Crippen molar-refractivity contribution >= 4 is 17.5 Å². The SMILES string of the molecule is Cc1nn(-c2ccccn2)c(C)c1N1CCN(C(=O)CNC(=O)c2ccccc2)CC1. The highest BCUT2D eigenvalue weighted by atomic mass is 16.2. The van der Waals surface area contributed by atoms with Gasteiger partial charge < -0.3 is 15.1 Å². The van der Waals surface area contributed by atoms with E-state index >= 15 is 0 Å². The van der Waals surface area contributed by atoms with Crippen molar-refractivity contribution in [3.8, 4) is 5.82 Å². The number of carbonyl (C=O) groups is 2. The molecule has 1 aromatic carbocycles. The number of nitrogens with one attached hydrogen (secondary N) is 1. The number of piperazine rings is 1. The summed E-state index contributed by atoms with van der Waals surface area (Å²) in [6.45, 7) is 6.69. The molecule has 1 aliphatic heterocycles. The maximum atomic E-state index is 12.6. The van der Waals surface area contributed by atoms with Gasteiger partial charge in [0, 0.05) is 37.9 Å². The van der Waals surface area contributed by atoms with Crippen LogP contribution < -0.4 is 10.2 Å². The Morgan fingerprint density at radius 2 is 1.68 bits per heavy atom. The third kappa shape index (κ3) is 4.42. The molecule has 8 nitrogen and oxygen atoms in total. The van der Waals surface area contributed by atoms with Crippen LogP contribution in [0.3, 0.4) is 0 Å². The smallest absolute Gasteiger partial charge is 0.251 e. The molecule has 0 atom stereocenters. The van der Waals surface area contributed by atoms with E-state index in [-0.39, 0.29) is 18.4 Å². The number of aromatic nitrogens is 3. The molecule has 0 unspecified atom stereocenters. The van der Waals surface area contributed by atoms with Gasteiger partial charge in [0.15, 0.2) is 5.82 Å². The molecule has 1 saturated heterocycles. The average molecular weight is 419 g/mol. The van der Waals surface area contributed by atoms with Gasteiger partial charge in [0.05, 0.1) is 23.6 Å². The van der Waals surface area contributed by atoms with Gasteiger partial charge in [-0.1, -0.05) is 24.3 Å². The monoisotopic (exact) mass is 418 g/mol. The molecule has 2 amide bonds. The molecule has 1 N–H and O–H groups in total. The van der Waals surface area contributed by atoms with E-state index in [4.69, 9.17) is 0 Å². The summed E-state index contributed by atoms with van der Waals surface area (Å²) in [7, 11) is 0. The lowest BCUT2D eigenvalue weighted by molar-refractivity contribution is -0.130. The fourth-order valence-corrected chi connectivity index (χ4v) is 3.93. The van der Waals surface area contributed by atoms with Crippen LogP contribution in [-0.4, -0.2) is 64.2 Å². The Morgan fingerprint density at radius 3 is 2.35 bits per heavy atom. The van der Waals surface area contributed by atoms with Crippen LogP contribution in [-0.2, 0) is 4.79 Å². The number of pyridine rings is 1. The van der Waals surface area contributed by atoms with Crippen molar-refractivity contribution in [2.45, 2.75) is 13.8 Å². The first-order valence-electron chi connectivity index (χ1n) is 10.4. The molecule has 3 aromatic rings. The van der Waals surface area contributed by atoms with E-state index in [9.17, 15) is 9.59 Å². The number of carbonyl (C=O) groups excluding carboxylic acids is 2. The fourth-order valence-electron chi connectivity index (χ4n) is 3.93. The Bertz CT molecular complexity index is 1060. The van der Waals surface area contributed by atoms with E-state index in [1.807, 2.05) is 42.8 Å². The van der Waals surface area contributed by atoms with Crippen LogP contribution in [0.2, 0.25) is 0 Å².